The summed E-state index contributed by atoms with van der Waals surface area (Å²) in [4.78, 5) is 16.9. The molecule has 0 radical (unpaired) electrons. The summed E-state index contributed by atoms with van der Waals surface area (Å²) in [7, 11) is 0. The molecule has 0 bridgehead atoms. The van der Waals surface area contributed by atoms with Crippen molar-refractivity contribution in [1.29, 1.82) is 5.41 Å². The van der Waals surface area contributed by atoms with E-state index in [1.807, 2.05) is 24.5 Å². The Morgan fingerprint density at radius 3 is 2.53 bits per heavy atom. The number of hydrogen-bond acceptors (Lipinski definition) is 4. The molecule has 0 unspecified atom stereocenters. The van der Waals surface area contributed by atoms with Crippen molar-refractivity contribution in [2.24, 2.45) is 10.1 Å². The van der Waals surface area contributed by atoms with Crippen LogP contribution in [0.2, 0.25) is 5.02 Å². The number of aliphatic imine (C=N–C) groups is 1. The minimum absolute atomic E-state index is 0.0114. The first kappa shape index (κ1) is 22.2. The molecule has 0 fully saturated rings. The van der Waals surface area contributed by atoms with Crippen molar-refractivity contribution >= 4 is 51.4 Å². The summed E-state index contributed by atoms with van der Waals surface area (Å²) in [6.45, 7) is 3.74. The Bertz CT molecular complexity index is 1470. The Morgan fingerprint density at radius 2 is 1.82 bits per heavy atom. The smallest absolute Gasteiger partial charge is 0.283 e. The summed E-state index contributed by atoms with van der Waals surface area (Å²) in [5, 5.41) is 15.1. The molecule has 1 amide bonds. The predicted molar refractivity (Wildman–Crippen MR) is 131 cm³/mol. The SMILES string of the molecule is Cc1cc(/C=C2/C(=N)N3N=C(c4ccc(F)cc4)SC3=NC2=O)c(C)n1-c1ccc(F)c(Cl)c1. The van der Waals surface area contributed by atoms with Gasteiger partial charge in [0.05, 0.1) is 10.6 Å². The number of amides is 1. The van der Waals surface area contributed by atoms with Gasteiger partial charge in [-0.1, -0.05) is 11.6 Å². The quantitative estimate of drug-likeness (QED) is 0.474. The van der Waals surface area contributed by atoms with E-state index in [0.29, 0.717) is 21.9 Å². The molecule has 0 saturated carbocycles. The number of carbonyl (C=O) groups is 1. The minimum Gasteiger partial charge on any atom is -0.318 e. The Balaban J connectivity index is 1.51. The second-order valence-electron chi connectivity index (χ2n) is 7.69. The molecule has 3 aromatic rings. The number of rotatable bonds is 3. The third-order valence-corrected chi connectivity index (χ3v) is 6.72. The fourth-order valence-electron chi connectivity index (χ4n) is 3.81. The average Bonchev–Trinajstić information content (AvgIpc) is 3.34. The van der Waals surface area contributed by atoms with E-state index >= 15 is 0 Å². The van der Waals surface area contributed by atoms with E-state index in [-0.39, 0.29) is 27.4 Å². The zero-order chi connectivity index (χ0) is 24.1. The number of nitrogens with zero attached hydrogens (tertiary/aromatic N) is 4. The van der Waals surface area contributed by atoms with E-state index in [1.54, 1.807) is 24.3 Å². The van der Waals surface area contributed by atoms with Gasteiger partial charge in [0, 0.05) is 22.6 Å². The van der Waals surface area contributed by atoms with Crippen LogP contribution in [0.3, 0.4) is 0 Å². The van der Waals surface area contributed by atoms with E-state index in [1.165, 1.54) is 29.3 Å². The summed E-state index contributed by atoms with van der Waals surface area (Å²) in [6.07, 6.45) is 1.60. The Kier molecular flexibility index (Phi) is 5.45. The van der Waals surface area contributed by atoms with Gasteiger partial charge in [0.25, 0.3) is 5.91 Å². The van der Waals surface area contributed by atoms with Gasteiger partial charge in [-0.25, -0.2) is 8.78 Å². The summed E-state index contributed by atoms with van der Waals surface area (Å²) in [6, 6.07) is 12.1. The zero-order valence-electron chi connectivity index (χ0n) is 17.9. The van der Waals surface area contributed by atoms with Crippen LogP contribution < -0.4 is 0 Å². The van der Waals surface area contributed by atoms with Crippen LogP contribution in [0.5, 0.6) is 0 Å². The molecule has 2 aromatic carbocycles. The van der Waals surface area contributed by atoms with Crippen LogP contribution in [-0.4, -0.2) is 31.5 Å². The number of nitrogens with one attached hydrogen (secondary N) is 1. The molecular weight excluding hydrogens is 480 g/mol. The molecule has 1 aromatic heterocycles. The maximum Gasteiger partial charge on any atom is 0.283 e. The Morgan fingerprint density at radius 1 is 1.09 bits per heavy atom. The van der Waals surface area contributed by atoms with Crippen LogP contribution in [0.4, 0.5) is 8.78 Å². The van der Waals surface area contributed by atoms with Crippen LogP contribution >= 0.6 is 23.4 Å². The van der Waals surface area contributed by atoms with Crippen molar-refractivity contribution in [2.75, 3.05) is 0 Å². The number of hydrogen-bond donors (Lipinski definition) is 1. The fraction of sp³-hybridized carbons (Fsp3) is 0.0833. The third kappa shape index (κ3) is 3.76. The molecule has 0 atom stereocenters. The lowest BCUT2D eigenvalue weighted by molar-refractivity contribution is -0.114. The molecular formula is C24H16ClF2N5OS. The van der Waals surface area contributed by atoms with Gasteiger partial charge in [0.1, 0.15) is 16.7 Å². The normalized spacial score (nSPS) is 16.7. The molecule has 34 heavy (non-hydrogen) atoms. The van der Waals surface area contributed by atoms with E-state index in [2.05, 4.69) is 10.1 Å². The van der Waals surface area contributed by atoms with Gasteiger partial charge in [0.2, 0.25) is 5.17 Å². The number of benzene rings is 2. The number of aryl methyl sites for hydroxylation is 1. The first-order valence-corrected chi connectivity index (χ1v) is 11.3. The lowest BCUT2D eigenvalue weighted by Gasteiger charge is -2.20. The summed E-state index contributed by atoms with van der Waals surface area (Å²) >= 11 is 7.10. The monoisotopic (exact) mass is 495 g/mol. The van der Waals surface area contributed by atoms with E-state index in [4.69, 9.17) is 17.0 Å². The van der Waals surface area contributed by atoms with Crippen LogP contribution in [0.25, 0.3) is 11.8 Å². The highest BCUT2D eigenvalue weighted by molar-refractivity contribution is 8.27. The highest BCUT2D eigenvalue weighted by Crippen LogP contribution is 2.32. The van der Waals surface area contributed by atoms with Crippen molar-refractivity contribution in [3.05, 3.63) is 93.3 Å². The third-order valence-electron chi connectivity index (χ3n) is 5.48. The van der Waals surface area contributed by atoms with Gasteiger partial charge in [-0.2, -0.15) is 15.1 Å². The Labute approximate surface area is 202 Å². The first-order valence-electron chi connectivity index (χ1n) is 10.1. The predicted octanol–water partition coefficient (Wildman–Crippen LogP) is 5.69. The standard InChI is InChI=1S/C24H16ClF2N5OS/c1-12-9-15(13(2)31(12)17-7-8-20(27)19(25)11-17)10-18-21(28)32-24(29-22(18)33)34-23(30-32)14-3-5-16(26)6-4-14/h3-11,28H,1-2H3/b18-10-,28-21?. The van der Waals surface area contributed by atoms with E-state index in [9.17, 15) is 13.6 Å². The van der Waals surface area contributed by atoms with Crippen LogP contribution in [-0.2, 0) is 4.79 Å². The molecule has 2 aliphatic rings. The molecule has 10 heteroatoms. The molecule has 1 N–H and O–H groups in total. The van der Waals surface area contributed by atoms with Gasteiger partial charge in [-0.15, -0.1) is 0 Å². The van der Waals surface area contributed by atoms with Gasteiger partial charge in [0.15, 0.2) is 5.84 Å². The van der Waals surface area contributed by atoms with Crippen molar-refractivity contribution in [3.8, 4) is 5.69 Å². The number of hydrazone groups is 1. The van der Waals surface area contributed by atoms with Gasteiger partial charge in [-0.3, -0.25) is 10.2 Å². The second-order valence-corrected chi connectivity index (χ2v) is 9.06. The van der Waals surface area contributed by atoms with Crippen molar-refractivity contribution in [2.45, 2.75) is 13.8 Å². The zero-order valence-corrected chi connectivity index (χ0v) is 19.5. The molecule has 5 rings (SSSR count). The molecule has 3 heterocycles. The topological polar surface area (TPSA) is 73.8 Å². The van der Waals surface area contributed by atoms with E-state index < -0.39 is 11.7 Å². The summed E-state index contributed by atoms with van der Waals surface area (Å²) in [5.41, 5.74) is 3.77. The number of amidine groups is 2. The van der Waals surface area contributed by atoms with Gasteiger partial charge >= 0.3 is 0 Å². The second kappa shape index (κ2) is 8.34. The fourth-order valence-corrected chi connectivity index (χ4v) is 4.88. The van der Waals surface area contributed by atoms with E-state index in [0.717, 1.165) is 23.1 Å². The first-order chi connectivity index (χ1) is 16.2. The minimum atomic E-state index is -0.547. The number of thioether (sulfide) groups is 1. The number of carbonyl (C=O) groups excluding carboxylic acids is 1. The highest BCUT2D eigenvalue weighted by Gasteiger charge is 2.36. The molecule has 2 aliphatic heterocycles. The maximum atomic E-state index is 13.6. The van der Waals surface area contributed by atoms with Gasteiger partial charge < -0.3 is 4.57 Å². The molecule has 0 saturated heterocycles. The number of halogens is 3. The molecule has 170 valence electrons. The van der Waals surface area contributed by atoms with Gasteiger partial charge in [-0.05, 0) is 85.8 Å². The number of fused-ring (bicyclic) bond motifs is 1. The van der Waals surface area contributed by atoms with Crippen molar-refractivity contribution in [3.63, 3.8) is 0 Å². The van der Waals surface area contributed by atoms with Crippen LogP contribution in [0.15, 0.2) is 64.2 Å². The lowest BCUT2D eigenvalue weighted by Crippen LogP contribution is -2.35. The van der Waals surface area contributed by atoms with Crippen LogP contribution in [0.1, 0.15) is 22.5 Å². The summed E-state index contributed by atoms with van der Waals surface area (Å²) < 4.78 is 28.8. The lowest BCUT2D eigenvalue weighted by atomic mass is 10.1. The van der Waals surface area contributed by atoms with Crippen LogP contribution in [0, 0.1) is 30.9 Å². The van der Waals surface area contributed by atoms with Crippen molar-refractivity contribution < 1.29 is 13.6 Å². The maximum absolute atomic E-state index is 13.6. The largest absolute Gasteiger partial charge is 0.318 e. The molecule has 0 spiro atoms. The highest BCUT2D eigenvalue weighted by atomic mass is 35.5. The Hall–Kier alpha value is -3.56. The summed E-state index contributed by atoms with van der Waals surface area (Å²) in [5.74, 6) is -1.52. The molecule has 6 nitrogen and oxygen atoms in total. The average molecular weight is 496 g/mol. The number of aromatic nitrogens is 1. The van der Waals surface area contributed by atoms with Crippen molar-refractivity contribution in [1.82, 2.24) is 9.58 Å². The molecule has 0 aliphatic carbocycles.